The quantitative estimate of drug-likeness (QED) is 0.0897. The maximum atomic E-state index is 12.3. The molecule has 0 bridgehead atoms. The van der Waals surface area contributed by atoms with Gasteiger partial charge in [-0.25, -0.2) is 9.59 Å². The van der Waals surface area contributed by atoms with Crippen molar-refractivity contribution < 1.29 is 33.0 Å². The number of halogens is 3. The first-order chi connectivity index (χ1) is 24.6. The predicted molar refractivity (Wildman–Crippen MR) is 192 cm³/mol. The molecule has 3 aromatic carbocycles. The van der Waals surface area contributed by atoms with Gasteiger partial charge in [-0.3, -0.25) is 9.67 Å². The number of nitrogens with one attached hydrogen (secondary N) is 1. The Kier molecular flexibility index (Phi) is 12.3. The molecule has 0 aliphatic heterocycles. The summed E-state index contributed by atoms with van der Waals surface area (Å²) in [6.45, 7) is 2.20. The summed E-state index contributed by atoms with van der Waals surface area (Å²) in [7, 11) is 0. The Bertz CT molecular complexity index is 1990. The van der Waals surface area contributed by atoms with Crippen molar-refractivity contribution in [3.05, 3.63) is 142 Å². The third-order valence-electron chi connectivity index (χ3n) is 8.21. The Morgan fingerprint density at radius 1 is 0.804 bits per heavy atom. The number of rotatable bonds is 12. The molecule has 262 valence electrons. The van der Waals surface area contributed by atoms with Crippen LogP contribution in [0.2, 0.25) is 0 Å². The number of hydrogen-bond acceptors (Lipinski definition) is 5. The van der Waals surface area contributed by atoms with Gasteiger partial charge >= 0.3 is 18.1 Å². The largest absolute Gasteiger partial charge is 0.490 e. The Morgan fingerprint density at radius 2 is 1.39 bits per heavy atom. The lowest BCUT2D eigenvalue weighted by molar-refractivity contribution is -0.192. The van der Waals surface area contributed by atoms with Crippen molar-refractivity contribution in [2.24, 2.45) is 0 Å². The van der Waals surface area contributed by atoms with Gasteiger partial charge in [-0.2, -0.15) is 18.3 Å². The zero-order chi connectivity index (χ0) is 36.2. The Morgan fingerprint density at radius 3 is 1.98 bits per heavy atom. The van der Waals surface area contributed by atoms with Gasteiger partial charge in [0.1, 0.15) is 5.69 Å². The van der Waals surface area contributed by atoms with Crippen LogP contribution in [0.25, 0.3) is 35.6 Å². The fraction of sp³-hybridized carbons (Fsp3) is 0.200. The summed E-state index contributed by atoms with van der Waals surface area (Å²) in [4.78, 5) is 25.8. The van der Waals surface area contributed by atoms with Gasteiger partial charge in [0.25, 0.3) is 0 Å². The number of carbonyl (C=O) groups is 2. The van der Waals surface area contributed by atoms with Crippen molar-refractivity contribution in [1.82, 2.24) is 20.1 Å². The van der Waals surface area contributed by atoms with Crippen LogP contribution in [0.3, 0.4) is 0 Å². The molecule has 8 nitrogen and oxygen atoms in total. The van der Waals surface area contributed by atoms with E-state index in [1.807, 2.05) is 72.9 Å². The first-order valence-electron chi connectivity index (χ1n) is 16.5. The number of aryl methyl sites for hydroxylation is 2. The minimum absolute atomic E-state index is 0.310. The molecule has 2 aromatic heterocycles. The van der Waals surface area contributed by atoms with E-state index >= 15 is 0 Å². The van der Waals surface area contributed by atoms with E-state index in [-0.39, 0.29) is 0 Å². The molecule has 3 N–H and O–H groups in total. The third kappa shape index (κ3) is 10.3. The zero-order valence-electron chi connectivity index (χ0n) is 27.7. The standard InChI is InChI=1S/C38H36N4O2.C2HF3O2/c43-38(44)37-34-21-19-32-27-40-33(20-18-29-10-5-2-6-11-29)26-35(32)36(34)41-42(37)25-7-23-39-24-22-31-16-14-30(15-17-31)13-12-28-8-3-1-4-9-28;3-2(4,5)1(6)7/h1-6,8-18,20,26-27,39H,7,19,21-25H2,(H,43,44);(H,6,7). The summed E-state index contributed by atoms with van der Waals surface area (Å²) >= 11 is 0. The summed E-state index contributed by atoms with van der Waals surface area (Å²) in [5.74, 6) is -3.68. The summed E-state index contributed by atoms with van der Waals surface area (Å²) in [6, 6.07) is 31.1. The van der Waals surface area contributed by atoms with Crippen molar-refractivity contribution >= 4 is 36.2 Å². The highest BCUT2D eigenvalue weighted by atomic mass is 19.4. The zero-order valence-corrected chi connectivity index (χ0v) is 27.7. The van der Waals surface area contributed by atoms with Crippen LogP contribution in [0.15, 0.2) is 97.2 Å². The van der Waals surface area contributed by atoms with Crippen molar-refractivity contribution in [2.75, 3.05) is 13.1 Å². The number of aliphatic carboxylic acids is 1. The molecular weight excluding hydrogens is 657 g/mol. The first-order valence-corrected chi connectivity index (χ1v) is 16.5. The van der Waals surface area contributed by atoms with Crippen LogP contribution < -0.4 is 5.32 Å². The van der Waals surface area contributed by atoms with Gasteiger partial charge in [0.2, 0.25) is 0 Å². The maximum Gasteiger partial charge on any atom is 0.490 e. The second kappa shape index (κ2) is 17.2. The van der Waals surface area contributed by atoms with Gasteiger partial charge in [-0.05, 0) is 78.7 Å². The highest BCUT2D eigenvalue weighted by Crippen LogP contribution is 2.35. The second-order valence-corrected chi connectivity index (χ2v) is 11.9. The molecule has 1 aliphatic carbocycles. The van der Waals surface area contributed by atoms with Gasteiger partial charge in [0.05, 0.1) is 11.4 Å². The third-order valence-corrected chi connectivity index (χ3v) is 8.21. The predicted octanol–water partition coefficient (Wildman–Crippen LogP) is 7.94. The number of aromatic nitrogens is 3. The summed E-state index contributed by atoms with van der Waals surface area (Å²) < 4.78 is 33.4. The number of benzene rings is 3. The SMILES string of the molecule is O=C(O)C(F)(F)F.O=C(O)c1c2c(nn1CCCNCCc1ccc(C=Cc3ccccc3)cc1)-c1cc(C=Cc3ccccc3)ncc1CC2. The fourth-order valence-electron chi connectivity index (χ4n) is 5.63. The lowest BCUT2D eigenvalue weighted by atomic mass is 9.89. The summed E-state index contributed by atoms with van der Waals surface area (Å²) in [6.07, 6.45) is 8.24. The molecule has 0 saturated heterocycles. The minimum atomic E-state index is -5.08. The van der Waals surface area contributed by atoms with Crippen molar-refractivity contribution in [3.63, 3.8) is 0 Å². The molecule has 0 radical (unpaired) electrons. The molecule has 2 heterocycles. The monoisotopic (exact) mass is 694 g/mol. The number of hydrogen-bond donors (Lipinski definition) is 3. The van der Waals surface area contributed by atoms with E-state index in [1.165, 1.54) is 16.7 Å². The van der Waals surface area contributed by atoms with E-state index in [1.54, 1.807) is 4.68 Å². The molecule has 0 atom stereocenters. The lowest BCUT2D eigenvalue weighted by Gasteiger charge is -2.15. The molecule has 0 unspecified atom stereocenters. The molecule has 0 spiro atoms. The van der Waals surface area contributed by atoms with Gasteiger partial charge in [0, 0.05) is 23.9 Å². The molecule has 0 fully saturated rings. The number of nitrogens with zero attached hydrogens (tertiary/aromatic N) is 3. The number of carboxylic acid groups (broad SMARTS) is 2. The molecule has 6 rings (SSSR count). The van der Waals surface area contributed by atoms with Crippen LogP contribution in [-0.4, -0.2) is 56.2 Å². The average Bonchev–Trinajstić information content (AvgIpc) is 3.52. The molecule has 0 amide bonds. The number of carboxylic acids is 2. The topological polar surface area (TPSA) is 117 Å². The summed E-state index contributed by atoms with van der Waals surface area (Å²) in [5.41, 5.74) is 9.58. The first kappa shape index (κ1) is 36.5. The Labute approximate surface area is 293 Å². The van der Waals surface area contributed by atoms with E-state index in [9.17, 15) is 23.1 Å². The van der Waals surface area contributed by atoms with E-state index in [2.05, 4.69) is 58.9 Å². The Hall–Kier alpha value is -5.81. The van der Waals surface area contributed by atoms with E-state index in [0.29, 0.717) is 18.7 Å². The highest BCUT2D eigenvalue weighted by molar-refractivity contribution is 5.91. The van der Waals surface area contributed by atoms with Crippen LogP contribution in [0, 0.1) is 0 Å². The van der Waals surface area contributed by atoms with Crippen LogP contribution in [0.5, 0.6) is 0 Å². The molecule has 51 heavy (non-hydrogen) atoms. The minimum Gasteiger partial charge on any atom is -0.477 e. The van der Waals surface area contributed by atoms with Crippen LogP contribution in [0.4, 0.5) is 13.2 Å². The van der Waals surface area contributed by atoms with Gasteiger partial charge in [0.15, 0.2) is 0 Å². The second-order valence-electron chi connectivity index (χ2n) is 11.9. The molecule has 11 heteroatoms. The normalized spacial score (nSPS) is 12.3. The smallest absolute Gasteiger partial charge is 0.477 e. The van der Waals surface area contributed by atoms with Crippen LogP contribution in [-0.2, 0) is 30.6 Å². The van der Waals surface area contributed by atoms with Crippen LogP contribution >= 0.6 is 0 Å². The van der Waals surface area contributed by atoms with Crippen molar-refractivity contribution in [1.29, 1.82) is 0 Å². The summed E-state index contributed by atoms with van der Waals surface area (Å²) in [5, 5.41) is 25.6. The van der Waals surface area contributed by atoms with E-state index in [4.69, 9.17) is 15.0 Å². The molecule has 5 aromatic rings. The van der Waals surface area contributed by atoms with Crippen LogP contribution in [0.1, 0.15) is 56.0 Å². The van der Waals surface area contributed by atoms with Gasteiger partial charge in [-0.1, -0.05) is 103 Å². The number of alkyl halides is 3. The molecular formula is C40H37F3N4O4. The maximum absolute atomic E-state index is 12.3. The van der Waals surface area contributed by atoms with Crippen molar-refractivity contribution in [2.45, 2.75) is 38.4 Å². The molecule has 0 saturated carbocycles. The Balaban J connectivity index is 0.000000654. The van der Waals surface area contributed by atoms with Crippen molar-refractivity contribution in [3.8, 4) is 11.3 Å². The average molecular weight is 695 g/mol. The number of fused-ring (bicyclic) bond motifs is 3. The van der Waals surface area contributed by atoms with Gasteiger partial charge < -0.3 is 15.5 Å². The number of pyridine rings is 1. The number of aromatic carboxylic acids is 1. The van der Waals surface area contributed by atoms with E-state index < -0.39 is 18.1 Å². The highest BCUT2D eigenvalue weighted by Gasteiger charge is 2.38. The fourth-order valence-corrected chi connectivity index (χ4v) is 5.63. The molecule has 1 aliphatic rings. The van der Waals surface area contributed by atoms with Gasteiger partial charge in [-0.15, -0.1) is 0 Å². The van der Waals surface area contributed by atoms with E-state index in [0.717, 1.165) is 66.0 Å². The lowest BCUT2D eigenvalue weighted by Crippen LogP contribution is -2.21.